The molecule has 0 aliphatic heterocycles. The molecule has 0 unspecified atom stereocenters. The van der Waals surface area contributed by atoms with E-state index in [0.29, 0.717) is 16.8 Å². The van der Waals surface area contributed by atoms with Gasteiger partial charge in [0.05, 0.1) is 29.4 Å². The van der Waals surface area contributed by atoms with Crippen molar-refractivity contribution < 1.29 is 22.7 Å². The van der Waals surface area contributed by atoms with Gasteiger partial charge in [0.1, 0.15) is 0 Å². The highest BCUT2D eigenvalue weighted by Gasteiger charge is 2.33. The van der Waals surface area contributed by atoms with E-state index < -0.39 is 17.7 Å². The van der Waals surface area contributed by atoms with Crippen LogP contribution in [0, 0.1) is 0 Å². The number of methoxy groups -OCH3 is 1. The lowest BCUT2D eigenvalue weighted by Gasteiger charge is -2.14. The summed E-state index contributed by atoms with van der Waals surface area (Å²) in [4.78, 5) is 15.7. The van der Waals surface area contributed by atoms with Gasteiger partial charge in [-0.2, -0.15) is 13.2 Å². The number of rotatable bonds is 3. The van der Waals surface area contributed by atoms with E-state index in [1.54, 1.807) is 36.4 Å². The van der Waals surface area contributed by atoms with Gasteiger partial charge in [0, 0.05) is 17.3 Å². The molecule has 0 spiro atoms. The number of esters is 1. The topological polar surface area (TPSA) is 51.2 Å². The largest absolute Gasteiger partial charge is 0.465 e. The monoisotopic (exact) mass is 346 g/mol. The summed E-state index contributed by atoms with van der Waals surface area (Å²) in [6.45, 7) is 0. The molecule has 25 heavy (non-hydrogen) atoms. The van der Waals surface area contributed by atoms with Crippen molar-refractivity contribution in [2.24, 2.45) is 0 Å². The molecule has 4 nitrogen and oxygen atoms in total. The number of ether oxygens (including phenoxy) is 1. The van der Waals surface area contributed by atoms with E-state index in [4.69, 9.17) is 4.74 Å². The molecule has 0 aliphatic rings. The summed E-state index contributed by atoms with van der Waals surface area (Å²) < 4.78 is 44.2. The summed E-state index contributed by atoms with van der Waals surface area (Å²) in [5.41, 5.74) is 0.152. The van der Waals surface area contributed by atoms with Crippen molar-refractivity contribution in [1.82, 2.24) is 4.98 Å². The molecule has 0 aliphatic carbocycles. The van der Waals surface area contributed by atoms with Gasteiger partial charge in [-0.15, -0.1) is 0 Å². The number of fused-ring (bicyclic) bond motifs is 1. The van der Waals surface area contributed by atoms with Crippen molar-refractivity contribution in [2.45, 2.75) is 6.18 Å². The number of alkyl halides is 3. The summed E-state index contributed by atoms with van der Waals surface area (Å²) in [6, 6.07) is 12.0. The van der Waals surface area contributed by atoms with Crippen LogP contribution in [0.2, 0.25) is 0 Å². The van der Waals surface area contributed by atoms with Crippen molar-refractivity contribution in [1.29, 1.82) is 0 Å². The lowest BCUT2D eigenvalue weighted by atomic mass is 10.1. The van der Waals surface area contributed by atoms with Crippen LogP contribution in [-0.2, 0) is 10.9 Å². The first-order valence-electron chi connectivity index (χ1n) is 7.31. The molecule has 128 valence electrons. The van der Waals surface area contributed by atoms with Crippen molar-refractivity contribution in [3.05, 3.63) is 65.9 Å². The lowest BCUT2D eigenvalue weighted by molar-refractivity contribution is -0.136. The second-order valence-electron chi connectivity index (χ2n) is 5.22. The van der Waals surface area contributed by atoms with Gasteiger partial charge in [-0.1, -0.05) is 24.3 Å². The van der Waals surface area contributed by atoms with E-state index in [9.17, 15) is 18.0 Å². The molecule has 1 N–H and O–H groups in total. The Labute approximate surface area is 141 Å². The van der Waals surface area contributed by atoms with Crippen molar-refractivity contribution in [2.75, 3.05) is 12.4 Å². The minimum absolute atomic E-state index is 0.157. The van der Waals surface area contributed by atoms with Gasteiger partial charge in [-0.3, -0.25) is 4.98 Å². The minimum atomic E-state index is -4.50. The quantitative estimate of drug-likeness (QED) is 0.693. The molecule has 2 aromatic carbocycles. The van der Waals surface area contributed by atoms with E-state index in [-0.39, 0.29) is 11.1 Å². The molecule has 0 saturated heterocycles. The Morgan fingerprint density at radius 1 is 1.04 bits per heavy atom. The van der Waals surface area contributed by atoms with Crippen LogP contribution in [0.5, 0.6) is 0 Å². The molecule has 1 aromatic heterocycles. The number of anilines is 2. The third-order valence-corrected chi connectivity index (χ3v) is 3.68. The van der Waals surface area contributed by atoms with E-state index in [0.717, 1.165) is 6.07 Å². The molecule has 0 fully saturated rings. The number of para-hydroxylation sites is 2. The van der Waals surface area contributed by atoms with Crippen LogP contribution < -0.4 is 5.32 Å². The number of carbonyl (C=O) groups is 1. The summed E-state index contributed by atoms with van der Waals surface area (Å²) in [5.74, 6) is -0.544. The summed E-state index contributed by atoms with van der Waals surface area (Å²) in [6.07, 6.45) is -3.21. The molecule has 0 saturated carbocycles. The van der Waals surface area contributed by atoms with Crippen LogP contribution in [0.1, 0.15) is 15.9 Å². The van der Waals surface area contributed by atoms with E-state index >= 15 is 0 Å². The predicted molar refractivity (Wildman–Crippen MR) is 87.8 cm³/mol. The number of aromatic nitrogens is 1. The van der Waals surface area contributed by atoms with Gasteiger partial charge < -0.3 is 10.1 Å². The first-order valence-corrected chi connectivity index (χ1v) is 7.31. The van der Waals surface area contributed by atoms with Crippen LogP contribution >= 0.6 is 0 Å². The smallest absolute Gasteiger partial charge is 0.418 e. The molecule has 1 heterocycles. The molecule has 0 atom stereocenters. The van der Waals surface area contributed by atoms with Gasteiger partial charge in [-0.25, -0.2) is 4.79 Å². The SMILES string of the molecule is COC(=O)c1ccccc1Nc1ccnc2c(C(F)(F)F)cccc12. The molecular weight excluding hydrogens is 333 g/mol. The average molecular weight is 346 g/mol. The Hall–Kier alpha value is -3.09. The highest BCUT2D eigenvalue weighted by Crippen LogP contribution is 2.36. The van der Waals surface area contributed by atoms with Crippen molar-refractivity contribution in [3.63, 3.8) is 0 Å². The van der Waals surface area contributed by atoms with Gasteiger partial charge >= 0.3 is 12.1 Å². The van der Waals surface area contributed by atoms with Gasteiger partial charge in [-0.05, 0) is 24.3 Å². The normalized spacial score (nSPS) is 11.4. The third kappa shape index (κ3) is 3.26. The maximum absolute atomic E-state index is 13.2. The Bertz CT molecular complexity index is 939. The number of nitrogens with zero attached hydrogens (tertiary/aromatic N) is 1. The van der Waals surface area contributed by atoms with Crippen LogP contribution in [0.25, 0.3) is 10.9 Å². The van der Waals surface area contributed by atoms with Gasteiger partial charge in [0.2, 0.25) is 0 Å². The summed E-state index contributed by atoms with van der Waals surface area (Å²) >= 11 is 0. The van der Waals surface area contributed by atoms with Crippen LogP contribution in [-0.4, -0.2) is 18.1 Å². The molecule has 0 radical (unpaired) electrons. The second-order valence-corrected chi connectivity index (χ2v) is 5.22. The Morgan fingerprint density at radius 3 is 2.52 bits per heavy atom. The number of benzene rings is 2. The summed E-state index contributed by atoms with van der Waals surface area (Å²) in [5, 5.41) is 3.30. The van der Waals surface area contributed by atoms with E-state index in [1.807, 2.05) is 0 Å². The number of halogens is 3. The maximum Gasteiger partial charge on any atom is 0.418 e. The lowest BCUT2D eigenvalue weighted by Crippen LogP contribution is -2.08. The molecule has 3 rings (SSSR count). The Balaban J connectivity index is 2.12. The summed E-state index contributed by atoms with van der Waals surface area (Å²) in [7, 11) is 1.26. The average Bonchev–Trinajstić information content (AvgIpc) is 2.60. The zero-order chi connectivity index (χ0) is 18.0. The fourth-order valence-corrected chi connectivity index (χ4v) is 2.54. The molecule has 0 amide bonds. The number of hydrogen-bond acceptors (Lipinski definition) is 4. The minimum Gasteiger partial charge on any atom is -0.465 e. The van der Waals surface area contributed by atoms with Crippen molar-refractivity contribution in [3.8, 4) is 0 Å². The first-order chi connectivity index (χ1) is 11.9. The number of carbonyl (C=O) groups excluding carboxylic acids is 1. The highest BCUT2D eigenvalue weighted by atomic mass is 19.4. The van der Waals surface area contributed by atoms with Crippen LogP contribution in [0.15, 0.2) is 54.7 Å². The number of hydrogen-bond donors (Lipinski definition) is 1. The Kier molecular flexibility index (Phi) is 4.31. The van der Waals surface area contributed by atoms with Gasteiger partial charge in [0.15, 0.2) is 0 Å². The fraction of sp³-hybridized carbons (Fsp3) is 0.111. The van der Waals surface area contributed by atoms with E-state index in [1.165, 1.54) is 19.4 Å². The fourth-order valence-electron chi connectivity index (χ4n) is 2.54. The first kappa shape index (κ1) is 16.8. The molecular formula is C18H13F3N2O2. The zero-order valence-corrected chi connectivity index (χ0v) is 13.1. The van der Waals surface area contributed by atoms with Crippen molar-refractivity contribution >= 4 is 28.2 Å². The Morgan fingerprint density at radius 2 is 1.80 bits per heavy atom. The van der Waals surface area contributed by atoms with Gasteiger partial charge in [0.25, 0.3) is 0 Å². The molecule has 0 bridgehead atoms. The zero-order valence-electron chi connectivity index (χ0n) is 13.1. The second kappa shape index (κ2) is 6.43. The maximum atomic E-state index is 13.2. The van der Waals surface area contributed by atoms with Crippen LogP contribution in [0.3, 0.4) is 0 Å². The number of pyridine rings is 1. The van der Waals surface area contributed by atoms with Crippen LogP contribution in [0.4, 0.5) is 24.5 Å². The predicted octanol–water partition coefficient (Wildman–Crippen LogP) is 4.78. The van der Waals surface area contributed by atoms with E-state index in [2.05, 4.69) is 10.3 Å². The number of nitrogens with one attached hydrogen (secondary N) is 1. The molecule has 3 aromatic rings. The standard InChI is InChI=1S/C18H13F3N2O2/c1-25-17(24)12-5-2-3-8-14(12)23-15-9-10-22-16-11(15)6-4-7-13(16)18(19,20)21/h2-10H,1H3,(H,22,23). The highest BCUT2D eigenvalue weighted by molar-refractivity contribution is 6.00. The molecule has 7 heteroatoms. The third-order valence-electron chi connectivity index (χ3n) is 3.68.